The predicted octanol–water partition coefficient (Wildman–Crippen LogP) is 1.35. The van der Waals surface area contributed by atoms with E-state index in [0.717, 1.165) is 0 Å². The van der Waals surface area contributed by atoms with Gasteiger partial charge in [-0.25, -0.2) is 4.79 Å². The Kier molecular flexibility index (Phi) is 2.91. The molecule has 0 radical (unpaired) electrons. The number of nitriles is 1. The molecule has 0 N–H and O–H groups in total. The van der Waals surface area contributed by atoms with Crippen LogP contribution in [0.2, 0.25) is 0 Å². The molecule has 4 heteroatoms. The van der Waals surface area contributed by atoms with Crippen molar-refractivity contribution in [3.63, 3.8) is 0 Å². The van der Waals surface area contributed by atoms with E-state index >= 15 is 0 Å². The lowest BCUT2D eigenvalue weighted by molar-refractivity contribution is 0.0477. The Balaban J connectivity index is 2.36. The SMILES string of the molecule is N#CCCOC(=O)c1ccco1. The molecule has 1 aromatic heterocycles. The quantitative estimate of drug-likeness (QED) is 0.501. The number of rotatable bonds is 3. The standard InChI is InChI=1S/C8H7NO3/c9-4-2-6-12-8(10)7-3-1-5-11-7/h1,3,5H,2,6H2. The molecule has 0 saturated heterocycles. The Hall–Kier alpha value is -1.76. The summed E-state index contributed by atoms with van der Waals surface area (Å²) in [6.07, 6.45) is 1.59. The molecule has 0 bridgehead atoms. The van der Waals surface area contributed by atoms with Crippen LogP contribution >= 0.6 is 0 Å². The molecule has 1 aromatic rings. The molecule has 0 saturated carbocycles. The van der Waals surface area contributed by atoms with Crippen LogP contribution in [0, 0.1) is 11.3 Å². The number of nitrogens with zero attached hydrogens (tertiary/aromatic N) is 1. The molecule has 0 aliphatic carbocycles. The number of hydrogen-bond donors (Lipinski definition) is 0. The third-order valence-corrected chi connectivity index (χ3v) is 1.17. The number of ether oxygens (including phenoxy) is 1. The van der Waals surface area contributed by atoms with Gasteiger partial charge >= 0.3 is 5.97 Å². The maximum Gasteiger partial charge on any atom is 0.374 e. The molecule has 1 rings (SSSR count). The van der Waals surface area contributed by atoms with Crippen LogP contribution in [0.1, 0.15) is 17.0 Å². The van der Waals surface area contributed by atoms with Crippen molar-refractivity contribution in [1.29, 1.82) is 5.26 Å². The van der Waals surface area contributed by atoms with Crippen LogP contribution in [0.5, 0.6) is 0 Å². The van der Waals surface area contributed by atoms with Crippen molar-refractivity contribution in [2.75, 3.05) is 6.61 Å². The number of furan rings is 1. The van der Waals surface area contributed by atoms with Crippen molar-refractivity contribution < 1.29 is 13.9 Å². The van der Waals surface area contributed by atoms with E-state index in [0.29, 0.717) is 0 Å². The highest BCUT2D eigenvalue weighted by Crippen LogP contribution is 2.01. The van der Waals surface area contributed by atoms with Crippen LogP contribution in [0.3, 0.4) is 0 Å². The van der Waals surface area contributed by atoms with Gasteiger partial charge in [0.15, 0.2) is 0 Å². The monoisotopic (exact) mass is 165 g/mol. The average molecular weight is 165 g/mol. The largest absolute Gasteiger partial charge is 0.459 e. The average Bonchev–Trinajstić information content (AvgIpc) is 2.56. The highest BCUT2D eigenvalue weighted by molar-refractivity contribution is 5.86. The molecule has 4 nitrogen and oxygen atoms in total. The normalized spacial score (nSPS) is 8.92. The zero-order valence-electron chi connectivity index (χ0n) is 6.32. The molecule has 0 unspecified atom stereocenters. The van der Waals surface area contributed by atoms with Gasteiger partial charge in [0, 0.05) is 0 Å². The first kappa shape index (κ1) is 8.34. The highest BCUT2D eigenvalue weighted by Gasteiger charge is 2.08. The Morgan fingerprint density at radius 3 is 3.17 bits per heavy atom. The third-order valence-electron chi connectivity index (χ3n) is 1.17. The second kappa shape index (κ2) is 4.19. The lowest BCUT2D eigenvalue weighted by atomic mass is 10.4. The van der Waals surface area contributed by atoms with E-state index in [9.17, 15) is 4.79 Å². The minimum Gasteiger partial charge on any atom is -0.459 e. The minimum atomic E-state index is -0.532. The van der Waals surface area contributed by atoms with Gasteiger partial charge in [-0.1, -0.05) is 0 Å². The summed E-state index contributed by atoms with van der Waals surface area (Å²) in [5.41, 5.74) is 0. The van der Waals surface area contributed by atoms with E-state index in [4.69, 9.17) is 9.68 Å². The molecule has 0 aliphatic heterocycles. The fraction of sp³-hybridized carbons (Fsp3) is 0.250. The number of hydrogen-bond acceptors (Lipinski definition) is 4. The first-order valence-electron chi connectivity index (χ1n) is 3.42. The van der Waals surface area contributed by atoms with Crippen molar-refractivity contribution in [2.45, 2.75) is 6.42 Å². The van der Waals surface area contributed by atoms with Crippen LogP contribution in [-0.2, 0) is 4.74 Å². The smallest absolute Gasteiger partial charge is 0.374 e. The number of esters is 1. The van der Waals surface area contributed by atoms with E-state index in [-0.39, 0.29) is 18.8 Å². The Bertz CT molecular complexity index is 284. The lowest BCUT2D eigenvalue weighted by Crippen LogP contribution is -2.04. The molecule has 1 heterocycles. The fourth-order valence-corrected chi connectivity index (χ4v) is 0.655. The molecule has 0 spiro atoms. The number of carbonyl (C=O) groups is 1. The first-order valence-corrected chi connectivity index (χ1v) is 3.42. The summed E-state index contributed by atoms with van der Waals surface area (Å²) in [4.78, 5) is 11.0. The zero-order valence-corrected chi connectivity index (χ0v) is 6.32. The molecule has 0 atom stereocenters. The van der Waals surface area contributed by atoms with Gasteiger partial charge in [-0.2, -0.15) is 5.26 Å². The van der Waals surface area contributed by atoms with E-state index in [1.165, 1.54) is 12.3 Å². The van der Waals surface area contributed by atoms with Gasteiger partial charge < -0.3 is 9.15 Å². The molecular weight excluding hydrogens is 158 g/mol. The summed E-state index contributed by atoms with van der Waals surface area (Å²) in [6.45, 7) is 0.107. The van der Waals surface area contributed by atoms with Crippen molar-refractivity contribution in [3.8, 4) is 6.07 Å². The van der Waals surface area contributed by atoms with Crippen LogP contribution in [-0.4, -0.2) is 12.6 Å². The first-order chi connectivity index (χ1) is 5.84. The minimum absolute atomic E-state index is 0.107. The van der Waals surface area contributed by atoms with Crippen LogP contribution in [0.25, 0.3) is 0 Å². The summed E-state index contributed by atoms with van der Waals surface area (Å²) in [5.74, 6) is -0.372. The zero-order chi connectivity index (χ0) is 8.81. The van der Waals surface area contributed by atoms with E-state index in [2.05, 4.69) is 4.74 Å². The van der Waals surface area contributed by atoms with E-state index in [1.807, 2.05) is 6.07 Å². The van der Waals surface area contributed by atoms with Crippen molar-refractivity contribution in [1.82, 2.24) is 0 Å². The van der Waals surface area contributed by atoms with Crippen molar-refractivity contribution >= 4 is 5.97 Å². The molecule has 0 aromatic carbocycles. The van der Waals surface area contributed by atoms with Gasteiger partial charge in [-0.05, 0) is 12.1 Å². The number of carbonyl (C=O) groups excluding carboxylic acids is 1. The van der Waals surface area contributed by atoms with Crippen molar-refractivity contribution in [2.24, 2.45) is 0 Å². The Morgan fingerprint density at radius 2 is 2.58 bits per heavy atom. The maximum absolute atomic E-state index is 11.0. The predicted molar refractivity (Wildman–Crippen MR) is 39.2 cm³/mol. The van der Waals surface area contributed by atoms with Gasteiger partial charge in [0.05, 0.1) is 18.8 Å². The topological polar surface area (TPSA) is 63.2 Å². The second-order valence-electron chi connectivity index (χ2n) is 2.02. The molecule has 12 heavy (non-hydrogen) atoms. The fourth-order valence-electron chi connectivity index (χ4n) is 0.655. The van der Waals surface area contributed by atoms with Gasteiger partial charge in [0.1, 0.15) is 6.61 Å². The molecule has 0 amide bonds. The molecule has 0 aliphatic rings. The van der Waals surface area contributed by atoms with Gasteiger partial charge in [0.2, 0.25) is 5.76 Å². The van der Waals surface area contributed by atoms with Gasteiger partial charge in [-0.3, -0.25) is 0 Å². The Labute approximate surface area is 69.4 Å². The van der Waals surface area contributed by atoms with Gasteiger partial charge in [0.25, 0.3) is 0 Å². The summed E-state index contributed by atoms with van der Waals surface area (Å²) in [5, 5.41) is 8.14. The van der Waals surface area contributed by atoms with Crippen LogP contribution in [0.4, 0.5) is 0 Å². The summed E-state index contributed by atoms with van der Waals surface area (Å²) in [7, 11) is 0. The third kappa shape index (κ3) is 2.13. The van der Waals surface area contributed by atoms with E-state index in [1.54, 1.807) is 6.07 Å². The second-order valence-corrected chi connectivity index (χ2v) is 2.02. The van der Waals surface area contributed by atoms with Gasteiger partial charge in [-0.15, -0.1) is 0 Å². The lowest BCUT2D eigenvalue weighted by Gasteiger charge is -1.97. The van der Waals surface area contributed by atoms with Crippen molar-refractivity contribution in [3.05, 3.63) is 24.2 Å². The van der Waals surface area contributed by atoms with E-state index < -0.39 is 5.97 Å². The van der Waals surface area contributed by atoms with Crippen LogP contribution in [0.15, 0.2) is 22.8 Å². The molecule has 0 fully saturated rings. The summed E-state index contributed by atoms with van der Waals surface area (Å²) >= 11 is 0. The Morgan fingerprint density at radius 1 is 1.75 bits per heavy atom. The molecule has 62 valence electrons. The molecular formula is C8H7NO3. The summed E-state index contributed by atoms with van der Waals surface area (Å²) in [6, 6.07) is 4.97. The summed E-state index contributed by atoms with van der Waals surface area (Å²) < 4.78 is 9.44. The maximum atomic E-state index is 11.0. The van der Waals surface area contributed by atoms with Crippen LogP contribution < -0.4 is 0 Å². The highest BCUT2D eigenvalue weighted by atomic mass is 16.5.